The summed E-state index contributed by atoms with van der Waals surface area (Å²) in [6.45, 7) is 2.26. The molecule has 182 valence electrons. The van der Waals surface area contributed by atoms with E-state index in [1.54, 1.807) is 18.4 Å². The molecule has 4 nitrogen and oxygen atoms in total. The van der Waals surface area contributed by atoms with Crippen LogP contribution in [0.25, 0.3) is 21.9 Å². The van der Waals surface area contributed by atoms with Crippen molar-refractivity contribution in [1.29, 1.82) is 0 Å². The van der Waals surface area contributed by atoms with Gasteiger partial charge in [0.15, 0.2) is 0 Å². The van der Waals surface area contributed by atoms with Gasteiger partial charge in [0.25, 0.3) is 0 Å². The highest BCUT2D eigenvalue weighted by Gasteiger charge is 2.53. The molecular weight excluding hydrogens is 452 g/mol. The van der Waals surface area contributed by atoms with Crippen LogP contribution in [0, 0.1) is 23.2 Å². The van der Waals surface area contributed by atoms with Crippen LogP contribution in [-0.4, -0.2) is 24.0 Å². The van der Waals surface area contributed by atoms with E-state index in [9.17, 15) is 4.79 Å². The lowest BCUT2D eigenvalue weighted by molar-refractivity contribution is -0.124. The van der Waals surface area contributed by atoms with Crippen LogP contribution >= 0.6 is 11.3 Å². The lowest BCUT2D eigenvalue weighted by atomic mass is 9.48. The summed E-state index contributed by atoms with van der Waals surface area (Å²) in [4.78, 5) is 18.4. The normalized spacial score (nSPS) is 28.3. The van der Waals surface area contributed by atoms with Crippen molar-refractivity contribution in [2.45, 2.75) is 57.9 Å². The Balaban J connectivity index is 1.26. The quantitative estimate of drug-likeness (QED) is 0.393. The van der Waals surface area contributed by atoms with Gasteiger partial charge in [0, 0.05) is 11.6 Å². The molecule has 1 amide bonds. The maximum absolute atomic E-state index is 13.5. The van der Waals surface area contributed by atoms with Crippen molar-refractivity contribution in [2.24, 2.45) is 23.2 Å². The smallest absolute Gasteiger partial charge is 0.224 e. The molecule has 4 saturated carbocycles. The van der Waals surface area contributed by atoms with Crippen molar-refractivity contribution in [1.82, 2.24) is 10.3 Å². The second kappa shape index (κ2) is 9.09. The number of fused-ring (bicyclic) bond motifs is 1. The predicted octanol–water partition coefficient (Wildman–Crippen LogP) is 6.96. The molecule has 1 atom stereocenters. The fourth-order valence-electron chi connectivity index (χ4n) is 7.50. The Morgan fingerprint density at radius 2 is 1.74 bits per heavy atom. The van der Waals surface area contributed by atoms with Gasteiger partial charge in [0.05, 0.1) is 23.7 Å². The molecule has 0 spiro atoms. The molecule has 1 aromatic heterocycles. The summed E-state index contributed by atoms with van der Waals surface area (Å²) >= 11 is 1.65. The number of rotatable bonds is 7. The Morgan fingerprint density at radius 1 is 1.09 bits per heavy atom. The topological polar surface area (TPSA) is 51.2 Å². The van der Waals surface area contributed by atoms with Crippen LogP contribution < -0.4 is 10.1 Å². The number of thiazole rings is 1. The van der Waals surface area contributed by atoms with Crippen LogP contribution in [0.1, 0.15) is 62.4 Å². The van der Waals surface area contributed by atoms with Crippen LogP contribution in [0.5, 0.6) is 5.75 Å². The zero-order valence-electron chi connectivity index (χ0n) is 20.6. The van der Waals surface area contributed by atoms with E-state index >= 15 is 0 Å². The van der Waals surface area contributed by atoms with Gasteiger partial charge in [-0.05, 0) is 98.5 Å². The zero-order chi connectivity index (χ0) is 24.0. The lowest BCUT2D eigenvalue weighted by Gasteiger charge is -2.59. The minimum Gasteiger partial charge on any atom is -0.496 e. The second-order valence-corrected chi connectivity index (χ2v) is 12.2. The van der Waals surface area contributed by atoms with Crippen molar-refractivity contribution >= 4 is 39.1 Å². The van der Waals surface area contributed by atoms with Crippen LogP contribution in [0.15, 0.2) is 48.5 Å². The molecule has 7 rings (SSSR count). The monoisotopic (exact) mass is 486 g/mol. The lowest BCUT2D eigenvalue weighted by Crippen LogP contribution is -2.55. The molecule has 3 aromatic rings. The number of ether oxygens (including phenoxy) is 1. The van der Waals surface area contributed by atoms with Gasteiger partial charge in [-0.3, -0.25) is 4.79 Å². The number of hydrogen-bond donors (Lipinski definition) is 1. The third-order valence-corrected chi connectivity index (χ3v) is 9.88. The third kappa shape index (κ3) is 4.40. The minimum atomic E-state index is 0.0913. The Kier molecular flexibility index (Phi) is 5.92. The largest absolute Gasteiger partial charge is 0.496 e. The van der Waals surface area contributed by atoms with Gasteiger partial charge >= 0.3 is 0 Å². The highest BCUT2D eigenvalue weighted by atomic mass is 32.1. The fraction of sp³-hybridized carbons (Fsp3) is 0.467. The Morgan fingerprint density at radius 3 is 2.43 bits per heavy atom. The van der Waals surface area contributed by atoms with Crippen molar-refractivity contribution in [3.63, 3.8) is 0 Å². The molecule has 35 heavy (non-hydrogen) atoms. The molecule has 0 saturated heterocycles. The first kappa shape index (κ1) is 22.8. The molecule has 0 aliphatic heterocycles. The number of benzene rings is 2. The zero-order valence-corrected chi connectivity index (χ0v) is 21.4. The van der Waals surface area contributed by atoms with E-state index in [1.807, 2.05) is 42.5 Å². The van der Waals surface area contributed by atoms with E-state index in [0.717, 1.165) is 49.9 Å². The van der Waals surface area contributed by atoms with Gasteiger partial charge in [-0.1, -0.05) is 30.3 Å². The second-order valence-electron chi connectivity index (χ2n) is 11.1. The van der Waals surface area contributed by atoms with Crippen molar-refractivity contribution < 1.29 is 9.53 Å². The van der Waals surface area contributed by atoms with Gasteiger partial charge < -0.3 is 10.1 Å². The first-order valence-corrected chi connectivity index (χ1v) is 13.8. The average Bonchev–Trinajstić information content (AvgIpc) is 3.27. The van der Waals surface area contributed by atoms with Crippen LogP contribution in [0.4, 0.5) is 0 Å². The SMILES string of the molecule is COc1ccccc1/C=C(/CC(=O)N[C@@H](C)C12CC3CC(CC(C3)C1)C2)c1nc2ccccc2s1. The van der Waals surface area contributed by atoms with Crippen LogP contribution in [0.2, 0.25) is 0 Å². The highest BCUT2D eigenvalue weighted by molar-refractivity contribution is 7.19. The number of aromatic nitrogens is 1. The average molecular weight is 487 g/mol. The van der Waals surface area contributed by atoms with Gasteiger partial charge in [-0.25, -0.2) is 4.98 Å². The maximum Gasteiger partial charge on any atom is 0.224 e. The summed E-state index contributed by atoms with van der Waals surface area (Å²) in [6, 6.07) is 16.3. The molecule has 0 unspecified atom stereocenters. The maximum atomic E-state index is 13.5. The fourth-order valence-corrected chi connectivity index (χ4v) is 8.48. The molecule has 4 fully saturated rings. The Hall–Kier alpha value is -2.66. The van der Waals surface area contributed by atoms with Crippen LogP contribution in [0.3, 0.4) is 0 Å². The number of carbonyl (C=O) groups is 1. The number of nitrogens with zero attached hydrogens (tertiary/aromatic N) is 1. The summed E-state index contributed by atoms with van der Waals surface area (Å²) in [7, 11) is 1.68. The van der Waals surface area contributed by atoms with Crippen LogP contribution in [-0.2, 0) is 4.79 Å². The van der Waals surface area contributed by atoms with Crippen molar-refractivity contribution in [2.75, 3.05) is 7.11 Å². The highest BCUT2D eigenvalue weighted by Crippen LogP contribution is 2.61. The standard InChI is InChI=1S/C30H34N2O2S/c1-19(30-16-20-11-21(17-30)13-22(12-20)18-30)31-28(33)15-24(14-23-7-3-5-9-26(23)34-2)29-32-25-8-4-6-10-27(25)35-29/h3-10,14,19-22H,11-13,15-18H2,1-2H3,(H,31,33)/b24-14-/t19-,20?,21?,22?,30?/m0/s1. The molecule has 2 aromatic carbocycles. The van der Waals surface area contributed by atoms with E-state index in [0.29, 0.717) is 11.8 Å². The molecule has 5 heteroatoms. The predicted molar refractivity (Wildman–Crippen MR) is 143 cm³/mol. The first-order valence-electron chi connectivity index (χ1n) is 13.0. The van der Waals surface area contributed by atoms with Gasteiger partial charge in [-0.15, -0.1) is 11.3 Å². The molecular formula is C30H34N2O2S. The van der Waals surface area contributed by atoms with Crippen molar-refractivity contribution in [3.05, 3.63) is 59.1 Å². The van der Waals surface area contributed by atoms with Gasteiger partial charge in [-0.2, -0.15) is 0 Å². The minimum absolute atomic E-state index is 0.0913. The third-order valence-electron chi connectivity index (χ3n) is 8.77. The number of carbonyl (C=O) groups excluding carboxylic acids is 1. The number of amides is 1. The molecule has 4 aliphatic carbocycles. The van der Waals surface area contributed by atoms with E-state index < -0.39 is 0 Å². The van der Waals surface area contributed by atoms with Gasteiger partial charge in [0.2, 0.25) is 5.91 Å². The Bertz CT molecular complexity index is 1210. The number of nitrogens with one attached hydrogen (secondary N) is 1. The Labute approximate surface area is 211 Å². The number of methoxy groups -OCH3 is 1. The molecule has 1 N–H and O–H groups in total. The molecule has 4 bridgehead atoms. The number of para-hydroxylation sites is 2. The van der Waals surface area contributed by atoms with Gasteiger partial charge in [0.1, 0.15) is 10.8 Å². The number of hydrogen-bond acceptors (Lipinski definition) is 4. The van der Waals surface area contributed by atoms with E-state index in [2.05, 4.69) is 24.4 Å². The summed E-state index contributed by atoms with van der Waals surface area (Å²) in [5, 5.41) is 4.35. The van der Waals surface area contributed by atoms with Crippen molar-refractivity contribution in [3.8, 4) is 5.75 Å². The summed E-state index contributed by atoms with van der Waals surface area (Å²) in [6.07, 6.45) is 10.5. The van der Waals surface area contributed by atoms with E-state index in [4.69, 9.17) is 9.72 Å². The van der Waals surface area contributed by atoms with E-state index in [-0.39, 0.29) is 11.9 Å². The summed E-state index contributed by atoms with van der Waals surface area (Å²) < 4.78 is 6.72. The first-order chi connectivity index (χ1) is 17.0. The summed E-state index contributed by atoms with van der Waals surface area (Å²) in [5.74, 6) is 3.53. The summed E-state index contributed by atoms with van der Waals surface area (Å²) in [5.41, 5.74) is 3.17. The molecule has 1 heterocycles. The molecule has 0 radical (unpaired) electrons. The molecule has 4 aliphatic rings. The van der Waals surface area contributed by atoms with E-state index in [1.165, 1.54) is 38.5 Å².